The quantitative estimate of drug-likeness (QED) is 0.683. The average Bonchev–Trinajstić information content (AvgIpc) is 2.78. The van der Waals surface area contributed by atoms with E-state index in [1.165, 1.54) is 0 Å². The molecule has 31 heavy (non-hydrogen) atoms. The lowest BCUT2D eigenvalue weighted by atomic mass is 9.91. The van der Waals surface area contributed by atoms with Gasteiger partial charge in [0.1, 0.15) is 17.7 Å². The number of amides is 2. The number of benzene rings is 3. The standard InChI is InChI=1S/C25H22F2N2O2/c1-16-6-8-18(9-7-16)25(31)29-13-12-17-4-2-3-5-21(17)23(29)24(30)28-15-19-14-20(26)10-11-22(19)27/h2-11,14,23H,12-13,15H2,1H3,(H,28,30)/t23-/m1/s1. The van der Waals surface area contributed by atoms with Crippen LogP contribution >= 0.6 is 0 Å². The van der Waals surface area contributed by atoms with E-state index in [0.29, 0.717) is 18.5 Å². The summed E-state index contributed by atoms with van der Waals surface area (Å²) in [6.07, 6.45) is 0.635. The number of aryl methyl sites for hydroxylation is 1. The summed E-state index contributed by atoms with van der Waals surface area (Å²) in [5.74, 6) is -1.86. The highest BCUT2D eigenvalue weighted by molar-refractivity contribution is 5.98. The largest absolute Gasteiger partial charge is 0.350 e. The van der Waals surface area contributed by atoms with Crippen LogP contribution in [0.25, 0.3) is 0 Å². The summed E-state index contributed by atoms with van der Waals surface area (Å²) in [5.41, 5.74) is 3.32. The van der Waals surface area contributed by atoms with E-state index in [0.717, 1.165) is 34.9 Å². The fraction of sp³-hybridized carbons (Fsp3) is 0.200. The summed E-state index contributed by atoms with van der Waals surface area (Å²) in [6.45, 7) is 2.15. The van der Waals surface area contributed by atoms with Crippen LogP contribution < -0.4 is 5.32 Å². The molecule has 0 unspecified atom stereocenters. The normalized spacial score (nSPS) is 15.3. The molecule has 1 aliphatic heterocycles. The molecule has 0 aromatic heterocycles. The van der Waals surface area contributed by atoms with Crippen molar-refractivity contribution in [3.63, 3.8) is 0 Å². The predicted molar refractivity (Wildman–Crippen MR) is 113 cm³/mol. The van der Waals surface area contributed by atoms with Crippen molar-refractivity contribution in [3.05, 3.63) is 106 Å². The van der Waals surface area contributed by atoms with E-state index in [1.807, 2.05) is 43.3 Å². The number of carbonyl (C=O) groups excluding carboxylic acids is 2. The van der Waals surface area contributed by atoms with Crippen molar-refractivity contribution in [2.75, 3.05) is 6.54 Å². The fourth-order valence-corrected chi connectivity index (χ4v) is 3.89. The second-order valence-electron chi connectivity index (χ2n) is 7.67. The zero-order chi connectivity index (χ0) is 22.0. The number of hydrogen-bond donors (Lipinski definition) is 1. The zero-order valence-corrected chi connectivity index (χ0v) is 17.1. The molecule has 1 N–H and O–H groups in total. The first kappa shape index (κ1) is 20.7. The van der Waals surface area contributed by atoms with Gasteiger partial charge in [0.2, 0.25) is 5.91 Å². The molecule has 4 nitrogen and oxygen atoms in total. The number of carbonyl (C=O) groups is 2. The summed E-state index contributed by atoms with van der Waals surface area (Å²) in [4.78, 5) is 28.0. The van der Waals surface area contributed by atoms with Crippen LogP contribution in [0.15, 0.2) is 66.7 Å². The Bertz CT molecular complexity index is 1130. The zero-order valence-electron chi connectivity index (χ0n) is 17.1. The minimum Gasteiger partial charge on any atom is -0.350 e. The number of rotatable bonds is 4. The van der Waals surface area contributed by atoms with Crippen LogP contribution in [0, 0.1) is 18.6 Å². The molecule has 0 saturated heterocycles. The molecule has 0 bridgehead atoms. The first-order valence-electron chi connectivity index (χ1n) is 10.1. The van der Waals surface area contributed by atoms with E-state index in [2.05, 4.69) is 5.32 Å². The molecule has 158 valence electrons. The van der Waals surface area contributed by atoms with E-state index in [4.69, 9.17) is 0 Å². The Balaban J connectivity index is 1.63. The highest BCUT2D eigenvalue weighted by Crippen LogP contribution is 2.31. The predicted octanol–water partition coefficient (Wildman–Crippen LogP) is 4.33. The molecule has 3 aromatic rings. The molecule has 4 rings (SSSR count). The number of hydrogen-bond acceptors (Lipinski definition) is 2. The van der Waals surface area contributed by atoms with Gasteiger partial charge in [0.25, 0.3) is 5.91 Å². The molecule has 6 heteroatoms. The lowest BCUT2D eigenvalue weighted by Crippen LogP contribution is -2.47. The Morgan fingerprint density at radius 3 is 2.55 bits per heavy atom. The van der Waals surface area contributed by atoms with Crippen LogP contribution in [-0.4, -0.2) is 23.3 Å². The number of fused-ring (bicyclic) bond motifs is 1. The maximum absolute atomic E-state index is 14.0. The Morgan fingerprint density at radius 2 is 1.77 bits per heavy atom. The molecular formula is C25H22F2N2O2. The van der Waals surface area contributed by atoms with E-state index in [1.54, 1.807) is 17.0 Å². The summed E-state index contributed by atoms with van der Waals surface area (Å²) >= 11 is 0. The maximum atomic E-state index is 14.0. The first-order valence-corrected chi connectivity index (χ1v) is 10.1. The van der Waals surface area contributed by atoms with Gasteiger partial charge >= 0.3 is 0 Å². The highest BCUT2D eigenvalue weighted by Gasteiger charge is 2.36. The Kier molecular flexibility index (Phi) is 5.80. The number of nitrogens with zero attached hydrogens (tertiary/aromatic N) is 1. The third-order valence-electron chi connectivity index (χ3n) is 5.55. The first-order chi connectivity index (χ1) is 14.9. The van der Waals surface area contributed by atoms with Gasteiger partial charge in [0, 0.05) is 24.2 Å². The van der Waals surface area contributed by atoms with Crippen LogP contribution in [0.5, 0.6) is 0 Å². The maximum Gasteiger partial charge on any atom is 0.254 e. The number of halogens is 2. The third kappa shape index (κ3) is 4.33. The van der Waals surface area contributed by atoms with Crippen molar-refractivity contribution in [2.24, 2.45) is 0 Å². The topological polar surface area (TPSA) is 49.4 Å². The Labute approximate surface area is 179 Å². The summed E-state index contributed by atoms with van der Waals surface area (Å²) in [7, 11) is 0. The van der Waals surface area contributed by atoms with Gasteiger partial charge in [-0.3, -0.25) is 9.59 Å². The number of nitrogens with one attached hydrogen (secondary N) is 1. The molecule has 1 atom stereocenters. The molecule has 3 aromatic carbocycles. The van der Waals surface area contributed by atoms with E-state index in [9.17, 15) is 18.4 Å². The second-order valence-corrected chi connectivity index (χ2v) is 7.67. The third-order valence-corrected chi connectivity index (χ3v) is 5.55. The lowest BCUT2D eigenvalue weighted by Gasteiger charge is -2.36. The van der Waals surface area contributed by atoms with Gasteiger partial charge in [0.05, 0.1) is 0 Å². The Morgan fingerprint density at radius 1 is 1.03 bits per heavy atom. The van der Waals surface area contributed by atoms with E-state index < -0.39 is 23.6 Å². The molecule has 0 saturated carbocycles. The SMILES string of the molecule is Cc1ccc(C(=O)N2CCc3ccccc3[C@@H]2C(=O)NCc2cc(F)ccc2F)cc1. The minimum atomic E-state index is -0.852. The van der Waals surface area contributed by atoms with Crippen LogP contribution in [0.2, 0.25) is 0 Å². The highest BCUT2D eigenvalue weighted by atomic mass is 19.1. The monoisotopic (exact) mass is 420 g/mol. The molecule has 1 aliphatic rings. The summed E-state index contributed by atoms with van der Waals surface area (Å²) < 4.78 is 27.5. The molecule has 1 heterocycles. The van der Waals surface area contributed by atoms with Gasteiger partial charge in [0.15, 0.2) is 0 Å². The molecule has 0 aliphatic carbocycles. The van der Waals surface area contributed by atoms with Crippen molar-refractivity contribution in [2.45, 2.75) is 25.9 Å². The van der Waals surface area contributed by atoms with Gasteiger partial charge < -0.3 is 10.2 Å². The van der Waals surface area contributed by atoms with Crippen LogP contribution in [-0.2, 0) is 17.8 Å². The van der Waals surface area contributed by atoms with Gasteiger partial charge in [-0.2, -0.15) is 0 Å². The summed E-state index contributed by atoms with van der Waals surface area (Å²) in [6, 6.07) is 16.9. The molecule has 0 spiro atoms. The van der Waals surface area contributed by atoms with E-state index in [-0.39, 0.29) is 18.0 Å². The van der Waals surface area contributed by atoms with E-state index >= 15 is 0 Å². The van der Waals surface area contributed by atoms with Crippen LogP contribution in [0.4, 0.5) is 8.78 Å². The minimum absolute atomic E-state index is 0.0499. The van der Waals surface area contributed by atoms with Gasteiger partial charge in [-0.1, -0.05) is 42.0 Å². The van der Waals surface area contributed by atoms with Crippen LogP contribution in [0.1, 0.15) is 38.7 Å². The molecular weight excluding hydrogens is 398 g/mol. The van der Waals surface area contributed by atoms with Crippen molar-refractivity contribution >= 4 is 11.8 Å². The smallest absolute Gasteiger partial charge is 0.254 e. The summed E-state index contributed by atoms with van der Waals surface area (Å²) in [5, 5.41) is 2.68. The lowest BCUT2D eigenvalue weighted by molar-refractivity contribution is -0.126. The van der Waals surface area contributed by atoms with Gasteiger partial charge in [-0.25, -0.2) is 8.78 Å². The van der Waals surface area contributed by atoms with Crippen molar-refractivity contribution in [1.82, 2.24) is 10.2 Å². The van der Waals surface area contributed by atoms with Crippen molar-refractivity contribution in [3.8, 4) is 0 Å². The fourth-order valence-electron chi connectivity index (χ4n) is 3.89. The van der Waals surface area contributed by atoms with Gasteiger partial charge in [-0.15, -0.1) is 0 Å². The Hall–Kier alpha value is -3.54. The molecule has 0 fully saturated rings. The molecule has 0 radical (unpaired) electrons. The second kappa shape index (κ2) is 8.68. The van der Waals surface area contributed by atoms with Gasteiger partial charge in [-0.05, 0) is 54.8 Å². The average molecular weight is 420 g/mol. The van der Waals surface area contributed by atoms with Crippen molar-refractivity contribution < 1.29 is 18.4 Å². The van der Waals surface area contributed by atoms with Crippen molar-refractivity contribution in [1.29, 1.82) is 0 Å². The molecule has 2 amide bonds. The van der Waals surface area contributed by atoms with Crippen LogP contribution in [0.3, 0.4) is 0 Å².